The summed E-state index contributed by atoms with van der Waals surface area (Å²) < 4.78 is 10.8. The van der Waals surface area contributed by atoms with Crippen molar-refractivity contribution in [2.24, 2.45) is 5.92 Å². The molecule has 1 aromatic rings. The number of benzene rings is 1. The van der Waals surface area contributed by atoms with Crippen molar-refractivity contribution in [2.75, 3.05) is 20.3 Å². The summed E-state index contributed by atoms with van der Waals surface area (Å²) >= 11 is 0. The standard InChI is InChI=1S/C16H25NO2/c1-11(2)15(10-18-4)17-12(3)13-5-6-16-14(9-13)7-8-19-16/h5-6,9,11-12,15,17H,7-8,10H2,1-4H3. The molecule has 0 amide bonds. The van der Waals surface area contributed by atoms with Gasteiger partial charge in [0, 0.05) is 25.6 Å². The molecule has 1 N–H and O–H groups in total. The van der Waals surface area contributed by atoms with Crippen LogP contribution in [-0.4, -0.2) is 26.4 Å². The molecular weight excluding hydrogens is 238 g/mol. The molecule has 0 radical (unpaired) electrons. The van der Waals surface area contributed by atoms with E-state index in [1.165, 1.54) is 11.1 Å². The highest BCUT2D eigenvalue weighted by atomic mass is 16.5. The molecule has 0 saturated heterocycles. The third-order valence-electron chi connectivity index (χ3n) is 3.83. The maximum Gasteiger partial charge on any atom is 0.122 e. The Morgan fingerprint density at radius 3 is 2.79 bits per heavy atom. The average Bonchev–Trinajstić information content (AvgIpc) is 2.85. The van der Waals surface area contributed by atoms with Crippen molar-refractivity contribution in [3.05, 3.63) is 29.3 Å². The molecule has 2 unspecified atom stereocenters. The highest BCUT2D eigenvalue weighted by Crippen LogP contribution is 2.28. The van der Waals surface area contributed by atoms with E-state index in [1.807, 2.05) is 0 Å². The van der Waals surface area contributed by atoms with Gasteiger partial charge in [-0.05, 0) is 30.0 Å². The summed E-state index contributed by atoms with van der Waals surface area (Å²) in [5.74, 6) is 1.61. The second-order valence-electron chi connectivity index (χ2n) is 5.66. The molecule has 3 nitrogen and oxygen atoms in total. The Bertz CT molecular complexity index is 417. The van der Waals surface area contributed by atoms with Gasteiger partial charge in [-0.15, -0.1) is 0 Å². The molecule has 2 atom stereocenters. The van der Waals surface area contributed by atoms with E-state index in [0.29, 0.717) is 18.0 Å². The molecule has 1 heterocycles. The minimum absolute atomic E-state index is 0.327. The van der Waals surface area contributed by atoms with Crippen LogP contribution in [0.4, 0.5) is 0 Å². The lowest BCUT2D eigenvalue weighted by Crippen LogP contribution is -2.39. The zero-order valence-corrected chi connectivity index (χ0v) is 12.4. The second-order valence-corrected chi connectivity index (χ2v) is 5.66. The van der Waals surface area contributed by atoms with Crippen LogP contribution in [0.15, 0.2) is 18.2 Å². The van der Waals surface area contributed by atoms with Crippen molar-refractivity contribution in [2.45, 2.75) is 39.3 Å². The Morgan fingerprint density at radius 2 is 2.11 bits per heavy atom. The van der Waals surface area contributed by atoms with Crippen LogP contribution in [0.2, 0.25) is 0 Å². The molecule has 19 heavy (non-hydrogen) atoms. The largest absolute Gasteiger partial charge is 0.493 e. The van der Waals surface area contributed by atoms with Crippen LogP contribution in [0.3, 0.4) is 0 Å². The van der Waals surface area contributed by atoms with E-state index in [9.17, 15) is 0 Å². The van der Waals surface area contributed by atoms with Crippen LogP contribution in [0, 0.1) is 5.92 Å². The molecule has 0 bridgehead atoms. The molecule has 0 spiro atoms. The number of ether oxygens (including phenoxy) is 2. The van der Waals surface area contributed by atoms with Crippen molar-refractivity contribution < 1.29 is 9.47 Å². The van der Waals surface area contributed by atoms with E-state index in [0.717, 1.165) is 25.4 Å². The zero-order valence-electron chi connectivity index (χ0n) is 12.4. The lowest BCUT2D eigenvalue weighted by molar-refractivity contribution is 0.141. The van der Waals surface area contributed by atoms with Gasteiger partial charge in [-0.1, -0.05) is 26.0 Å². The minimum Gasteiger partial charge on any atom is -0.493 e. The van der Waals surface area contributed by atoms with Gasteiger partial charge in [0.25, 0.3) is 0 Å². The van der Waals surface area contributed by atoms with Crippen molar-refractivity contribution in [1.82, 2.24) is 5.32 Å². The second kappa shape index (κ2) is 6.40. The van der Waals surface area contributed by atoms with Crippen molar-refractivity contribution in [1.29, 1.82) is 0 Å². The number of hydrogen-bond acceptors (Lipinski definition) is 3. The third kappa shape index (κ3) is 3.48. The average molecular weight is 263 g/mol. The molecule has 1 aromatic carbocycles. The van der Waals surface area contributed by atoms with Gasteiger partial charge in [0.2, 0.25) is 0 Å². The smallest absolute Gasteiger partial charge is 0.122 e. The Balaban J connectivity index is 2.04. The summed E-state index contributed by atoms with van der Waals surface area (Å²) in [6.45, 7) is 8.22. The van der Waals surface area contributed by atoms with E-state index in [2.05, 4.69) is 44.3 Å². The van der Waals surface area contributed by atoms with Crippen LogP contribution in [-0.2, 0) is 11.2 Å². The van der Waals surface area contributed by atoms with Crippen LogP contribution in [0.1, 0.15) is 37.9 Å². The third-order valence-corrected chi connectivity index (χ3v) is 3.83. The van der Waals surface area contributed by atoms with Gasteiger partial charge >= 0.3 is 0 Å². The first-order chi connectivity index (χ1) is 9.11. The molecular formula is C16H25NO2. The number of rotatable bonds is 6. The van der Waals surface area contributed by atoms with Gasteiger partial charge in [0.05, 0.1) is 13.2 Å². The molecule has 2 rings (SSSR count). The predicted octanol–water partition coefficient (Wildman–Crippen LogP) is 2.94. The summed E-state index contributed by atoms with van der Waals surface area (Å²) in [7, 11) is 1.76. The van der Waals surface area contributed by atoms with Crippen molar-refractivity contribution in [3.8, 4) is 5.75 Å². The van der Waals surface area contributed by atoms with Crippen LogP contribution in [0.5, 0.6) is 5.75 Å². The predicted molar refractivity (Wildman–Crippen MR) is 77.7 cm³/mol. The number of methoxy groups -OCH3 is 1. The van der Waals surface area contributed by atoms with Crippen molar-refractivity contribution in [3.63, 3.8) is 0 Å². The molecule has 0 aromatic heterocycles. The lowest BCUT2D eigenvalue weighted by Gasteiger charge is -2.26. The first-order valence-electron chi connectivity index (χ1n) is 7.12. The van der Waals surface area contributed by atoms with Gasteiger partial charge in [0.15, 0.2) is 0 Å². The monoisotopic (exact) mass is 263 g/mol. The highest BCUT2D eigenvalue weighted by Gasteiger charge is 2.18. The van der Waals surface area contributed by atoms with E-state index >= 15 is 0 Å². The lowest BCUT2D eigenvalue weighted by atomic mass is 10.00. The van der Waals surface area contributed by atoms with Gasteiger partial charge in [-0.25, -0.2) is 0 Å². The highest BCUT2D eigenvalue weighted by molar-refractivity contribution is 5.40. The molecule has 1 aliphatic heterocycles. The summed E-state index contributed by atoms with van der Waals surface area (Å²) in [5.41, 5.74) is 2.66. The first-order valence-corrected chi connectivity index (χ1v) is 7.12. The van der Waals surface area contributed by atoms with Gasteiger partial charge < -0.3 is 14.8 Å². The maximum atomic E-state index is 5.55. The summed E-state index contributed by atoms with van der Waals surface area (Å²) in [4.78, 5) is 0. The molecule has 0 fully saturated rings. The molecule has 0 aliphatic carbocycles. The molecule has 3 heteroatoms. The quantitative estimate of drug-likeness (QED) is 0.856. The van der Waals surface area contributed by atoms with E-state index < -0.39 is 0 Å². The fourth-order valence-corrected chi connectivity index (χ4v) is 2.51. The fourth-order valence-electron chi connectivity index (χ4n) is 2.51. The molecule has 1 aliphatic rings. The number of fused-ring (bicyclic) bond motifs is 1. The summed E-state index contributed by atoms with van der Waals surface area (Å²) in [6, 6.07) is 7.23. The fraction of sp³-hybridized carbons (Fsp3) is 0.625. The maximum absolute atomic E-state index is 5.55. The van der Waals surface area contributed by atoms with Crippen LogP contribution in [0.25, 0.3) is 0 Å². The van der Waals surface area contributed by atoms with Crippen molar-refractivity contribution >= 4 is 0 Å². The molecule has 0 saturated carbocycles. The van der Waals surface area contributed by atoms with Gasteiger partial charge in [0.1, 0.15) is 5.75 Å². The first kappa shape index (κ1) is 14.4. The Hall–Kier alpha value is -1.06. The Kier molecular flexibility index (Phi) is 4.83. The number of hydrogen-bond donors (Lipinski definition) is 1. The Labute approximate surface area is 116 Å². The minimum atomic E-state index is 0.327. The van der Waals surface area contributed by atoms with Gasteiger partial charge in [-0.3, -0.25) is 0 Å². The van der Waals surface area contributed by atoms with E-state index in [4.69, 9.17) is 9.47 Å². The normalized spacial score (nSPS) is 17.1. The van der Waals surface area contributed by atoms with Gasteiger partial charge in [-0.2, -0.15) is 0 Å². The summed E-state index contributed by atoms with van der Waals surface area (Å²) in [5, 5.41) is 3.66. The van der Waals surface area contributed by atoms with E-state index in [1.54, 1.807) is 7.11 Å². The zero-order chi connectivity index (χ0) is 13.8. The van der Waals surface area contributed by atoms with Crippen LogP contribution < -0.4 is 10.1 Å². The molecule has 106 valence electrons. The topological polar surface area (TPSA) is 30.5 Å². The number of nitrogens with one attached hydrogen (secondary N) is 1. The van der Waals surface area contributed by atoms with E-state index in [-0.39, 0.29) is 0 Å². The SMILES string of the molecule is COCC(NC(C)c1ccc2c(c1)CCO2)C(C)C. The Morgan fingerprint density at radius 1 is 1.32 bits per heavy atom. The summed E-state index contributed by atoms with van der Waals surface area (Å²) in [6.07, 6.45) is 1.03. The van der Waals surface area contributed by atoms with Crippen LogP contribution >= 0.6 is 0 Å².